The van der Waals surface area contributed by atoms with Gasteiger partial charge in [0.05, 0.1) is 11.6 Å². The van der Waals surface area contributed by atoms with E-state index in [1.165, 1.54) is 0 Å². The highest BCUT2D eigenvalue weighted by Gasteiger charge is 2.18. The van der Waals surface area contributed by atoms with Crippen molar-refractivity contribution >= 4 is 12.2 Å². The van der Waals surface area contributed by atoms with Crippen LogP contribution in [-0.4, -0.2) is 29.7 Å². The predicted molar refractivity (Wildman–Crippen MR) is 94.2 cm³/mol. The Morgan fingerprint density at radius 1 is 1.16 bits per heavy atom. The van der Waals surface area contributed by atoms with Crippen LogP contribution in [0.25, 0.3) is 0 Å². The van der Waals surface area contributed by atoms with Gasteiger partial charge >= 0.3 is 0 Å². The first-order chi connectivity index (χ1) is 12.0. The molecule has 0 aliphatic heterocycles. The van der Waals surface area contributed by atoms with Gasteiger partial charge in [-0.25, -0.2) is 0 Å². The molecule has 0 saturated carbocycles. The number of amides is 1. The van der Waals surface area contributed by atoms with E-state index in [1.54, 1.807) is 41.3 Å². The molecule has 0 spiro atoms. The van der Waals surface area contributed by atoms with Gasteiger partial charge in [0.1, 0.15) is 12.0 Å². The number of hydrogen-bond donors (Lipinski definition) is 0. The average Bonchev–Trinajstić information content (AvgIpc) is 2.64. The Morgan fingerprint density at radius 2 is 1.80 bits per heavy atom. The Kier molecular flexibility index (Phi) is 6.30. The number of carbonyl (C=O) groups excluding carboxylic acids is 2. The Bertz CT molecular complexity index is 759. The van der Waals surface area contributed by atoms with Crippen LogP contribution in [0.5, 0.6) is 5.75 Å². The summed E-state index contributed by atoms with van der Waals surface area (Å²) >= 11 is 0. The molecule has 0 heterocycles. The van der Waals surface area contributed by atoms with Crippen LogP contribution in [0, 0.1) is 11.3 Å². The summed E-state index contributed by atoms with van der Waals surface area (Å²) in [7, 11) is 0. The third-order valence-corrected chi connectivity index (χ3v) is 3.76. The van der Waals surface area contributed by atoms with Gasteiger partial charge in [-0.05, 0) is 55.8 Å². The van der Waals surface area contributed by atoms with Gasteiger partial charge in [-0.1, -0.05) is 12.1 Å². The molecule has 0 fully saturated rings. The average molecular weight is 336 g/mol. The maximum atomic E-state index is 12.5. The molecule has 5 heteroatoms. The lowest BCUT2D eigenvalue weighted by atomic mass is 10.1. The van der Waals surface area contributed by atoms with Crippen molar-refractivity contribution in [1.29, 1.82) is 5.26 Å². The van der Waals surface area contributed by atoms with Crippen LogP contribution in [0.4, 0.5) is 0 Å². The highest BCUT2D eigenvalue weighted by molar-refractivity contribution is 5.78. The monoisotopic (exact) mass is 336 g/mol. The number of aldehydes is 1. The van der Waals surface area contributed by atoms with Crippen LogP contribution < -0.4 is 4.74 Å². The molecule has 0 bridgehead atoms. The van der Waals surface area contributed by atoms with Crippen molar-refractivity contribution in [1.82, 2.24) is 4.90 Å². The molecule has 0 atom stereocenters. The lowest BCUT2D eigenvalue weighted by Gasteiger charge is -2.27. The molecule has 0 aromatic heterocycles. The van der Waals surface area contributed by atoms with Crippen LogP contribution in [0.15, 0.2) is 48.5 Å². The van der Waals surface area contributed by atoms with Crippen molar-refractivity contribution in [3.05, 3.63) is 65.2 Å². The number of benzene rings is 2. The zero-order valence-corrected chi connectivity index (χ0v) is 14.3. The number of hydrogen-bond acceptors (Lipinski definition) is 4. The zero-order valence-electron chi connectivity index (χ0n) is 14.3. The second-order valence-electron chi connectivity index (χ2n) is 5.90. The molecule has 128 valence electrons. The molecular formula is C20H20N2O3. The molecule has 2 aromatic rings. The molecule has 1 amide bonds. The summed E-state index contributed by atoms with van der Waals surface area (Å²) in [6.45, 7) is 4.27. The van der Waals surface area contributed by atoms with E-state index in [1.807, 2.05) is 26.0 Å². The topological polar surface area (TPSA) is 70.4 Å². The highest BCUT2D eigenvalue weighted by Crippen LogP contribution is 2.13. The summed E-state index contributed by atoms with van der Waals surface area (Å²) in [5.74, 6) is 0.417. The summed E-state index contributed by atoms with van der Waals surface area (Å²) in [4.78, 5) is 24.9. The van der Waals surface area contributed by atoms with Crippen LogP contribution in [0.1, 0.15) is 35.3 Å². The van der Waals surface area contributed by atoms with Gasteiger partial charge in [0, 0.05) is 18.2 Å². The lowest BCUT2D eigenvalue weighted by molar-refractivity contribution is -0.135. The standard InChI is InChI=1S/C20H20N2O3/c1-15(2)22(12-17-5-3-16(11-21)4-6-17)20(24)14-25-19-9-7-18(13-23)8-10-19/h3-10,13,15H,12,14H2,1-2H3. The maximum absolute atomic E-state index is 12.5. The number of nitrogens with zero attached hydrogens (tertiary/aromatic N) is 2. The first-order valence-electron chi connectivity index (χ1n) is 8.00. The quantitative estimate of drug-likeness (QED) is 0.728. The molecule has 2 aromatic carbocycles. The molecule has 0 radical (unpaired) electrons. The first kappa shape index (κ1) is 18.2. The van der Waals surface area contributed by atoms with Crippen molar-refractivity contribution in [3.8, 4) is 11.8 Å². The van der Waals surface area contributed by atoms with Crippen molar-refractivity contribution < 1.29 is 14.3 Å². The molecule has 0 unspecified atom stereocenters. The number of carbonyl (C=O) groups is 2. The maximum Gasteiger partial charge on any atom is 0.261 e. The van der Waals surface area contributed by atoms with Crippen LogP contribution in [0.2, 0.25) is 0 Å². The third-order valence-electron chi connectivity index (χ3n) is 3.76. The molecular weight excluding hydrogens is 316 g/mol. The summed E-state index contributed by atoms with van der Waals surface area (Å²) in [6.07, 6.45) is 0.757. The number of nitriles is 1. The van der Waals surface area contributed by atoms with Gasteiger partial charge in [-0.3, -0.25) is 9.59 Å². The number of ether oxygens (including phenoxy) is 1. The van der Waals surface area contributed by atoms with Crippen LogP contribution in [0.3, 0.4) is 0 Å². The molecule has 0 aliphatic rings. The van der Waals surface area contributed by atoms with E-state index in [0.717, 1.165) is 11.8 Å². The fraction of sp³-hybridized carbons (Fsp3) is 0.250. The molecule has 2 rings (SSSR count). The largest absolute Gasteiger partial charge is 0.484 e. The SMILES string of the molecule is CC(C)N(Cc1ccc(C#N)cc1)C(=O)COc1ccc(C=O)cc1. The van der Waals surface area contributed by atoms with Crippen molar-refractivity contribution in [2.24, 2.45) is 0 Å². The molecule has 0 aliphatic carbocycles. The van der Waals surface area contributed by atoms with Gasteiger partial charge < -0.3 is 9.64 Å². The van der Waals surface area contributed by atoms with Crippen molar-refractivity contribution in [3.63, 3.8) is 0 Å². The fourth-order valence-corrected chi connectivity index (χ4v) is 2.31. The van der Waals surface area contributed by atoms with Gasteiger partial charge in [0.15, 0.2) is 6.61 Å². The highest BCUT2D eigenvalue weighted by atomic mass is 16.5. The van der Waals surface area contributed by atoms with E-state index < -0.39 is 0 Å². The number of rotatable bonds is 7. The lowest BCUT2D eigenvalue weighted by Crippen LogP contribution is -2.39. The molecule has 5 nitrogen and oxygen atoms in total. The second kappa shape index (κ2) is 8.65. The minimum atomic E-state index is -0.126. The summed E-state index contributed by atoms with van der Waals surface area (Å²) in [5, 5.41) is 8.85. The normalized spacial score (nSPS) is 10.2. The minimum absolute atomic E-state index is 0.0178. The summed E-state index contributed by atoms with van der Waals surface area (Å²) < 4.78 is 5.52. The van der Waals surface area contributed by atoms with Gasteiger partial charge in [-0.2, -0.15) is 5.26 Å². The van der Waals surface area contributed by atoms with E-state index in [9.17, 15) is 9.59 Å². The molecule has 25 heavy (non-hydrogen) atoms. The molecule has 0 N–H and O–H groups in total. The van der Waals surface area contributed by atoms with Crippen molar-refractivity contribution in [2.75, 3.05) is 6.61 Å². The fourth-order valence-electron chi connectivity index (χ4n) is 2.31. The van der Waals surface area contributed by atoms with E-state index in [0.29, 0.717) is 23.4 Å². The van der Waals surface area contributed by atoms with Crippen LogP contribution in [-0.2, 0) is 11.3 Å². The van der Waals surface area contributed by atoms with Gasteiger partial charge in [0.2, 0.25) is 0 Å². The minimum Gasteiger partial charge on any atom is -0.484 e. The Balaban J connectivity index is 1.99. The predicted octanol–water partition coefficient (Wildman–Crippen LogP) is 3.19. The van der Waals surface area contributed by atoms with E-state index in [4.69, 9.17) is 10.00 Å². The molecule has 0 saturated heterocycles. The van der Waals surface area contributed by atoms with E-state index in [-0.39, 0.29) is 18.6 Å². The Labute approximate surface area is 147 Å². The zero-order chi connectivity index (χ0) is 18.2. The van der Waals surface area contributed by atoms with Crippen LogP contribution >= 0.6 is 0 Å². The van der Waals surface area contributed by atoms with Gasteiger partial charge in [0.25, 0.3) is 5.91 Å². The summed E-state index contributed by atoms with van der Waals surface area (Å²) in [6, 6.07) is 15.9. The Hall–Kier alpha value is -3.13. The van der Waals surface area contributed by atoms with Gasteiger partial charge in [-0.15, -0.1) is 0 Å². The third kappa shape index (κ3) is 5.18. The summed E-state index contributed by atoms with van der Waals surface area (Å²) in [5.41, 5.74) is 2.10. The van der Waals surface area contributed by atoms with E-state index in [2.05, 4.69) is 6.07 Å². The van der Waals surface area contributed by atoms with E-state index >= 15 is 0 Å². The second-order valence-corrected chi connectivity index (χ2v) is 5.90. The van der Waals surface area contributed by atoms with Crippen molar-refractivity contribution in [2.45, 2.75) is 26.4 Å². The first-order valence-corrected chi connectivity index (χ1v) is 8.00. The smallest absolute Gasteiger partial charge is 0.261 e. The Morgan fingerprint density at radius 3 is 2.32 bits per heavy atom.